The lowest BCUT2D eigenvalue weighted by Crippen LogP contribution is -2.53. The first-order chi connectivity index (χ1) is 13.3. The number of piperazine rings is 1. The molecule has 27 heavy (non-hydrogen) atoms. The minimum Gasteiger partial charge on any atom is -0.339 e. The Bertz CT molecular complexity index is 815. The average molecular weight is 382 g/mol. The monoisotopic (exact) mass is 381 g/mol. The maximum Gasteiger partial charge on any atom is 0.226 e. The highest BCUT2D eigenvalue weighted by Gasteiger charge is 2.54. The maximum absolute atomic E-state index is 13.4. The molecular formula is C20H23N5OS. The summed E-state index contributed by atoms with van der Waals surface area (Å²) in [6.07, 6.45) is 13.1. The molecule has 3 atom stereocenters. The molecule has 140 valence electrons. The van der Waals surface area contributed by atoms with Crippen molar-refractivity contribution in [2.45, 2.75) is 11.2 Å². The minimum absolute atomic E-state index is 0.0764. The molecule has 2 fully saturated rings. The number of anilines is 1. The lowest BCUT2D eigenvalue weighted by atomic mass is 9.74. The van der Waals surface area contributed by atoms with E-state index in [1.807, 2.05) is 17.8 Å². The van der Waals surface area contributed by atoms with E-state index in [2.05, 4.69) is 44.1 Å². The summed E-state index contributed by atoms with van der Waals surface area (Å²) in [5, 5.41) is 0. The molecule has 4 aliphatic rings. The normalized spacial score (nSPS) is 32.1. The Labute approximate surface area is 163 Å². The van der Waals surface area contributed by atoms with Crippen LogP contribution in [-0.2, 0) is 4.79 Å². The first-order valence-corrected chi connectivity index (χ1v) is 10.6. The van der Waals surface area contributed by atoms with Crippen molar-refractivity contribution < 1.29 is 4.79 Å². The number of allylic oxidation sites excluding steroid dienone is 3. The predicted octanol–water partition coefficient (Wildman–Crippen LogP) is 1.81. The number of aromatic nitrogens is 2. The van der Waals surface area contributed by atoms with Crippen LogP contribution in [0.2, 0.25) is 0 Å². The van der Waals surface area contributed by atoms with E-state index in [9.17, 15) is 4.79 Å². The van der Waals surface area contributed by atoms with Gasteiger partial charge in [-0.1, -0.05) is 18.2 Å². The third-order valence-electron chi connectivity index (χ3n) is 6.11. The van der Waals surface area contributed by atoms with Crippen molar-refractivity contribution in [3.63, 3.8) is 0 Å². The van der Waals surface area contributed by atoms with Gasteiger partial charge in [0.05, 0.1) is 16.4 Å². The highest BCUT2D eigenvalue weighted by Crippen LogP contribution is 2.53. The number of carbonyl (C=O) groups is 1. The Morgan fingerprint density at radius 2 is 1.96 bits per heavy atom. The van der Waals surface area contributed by atoms with Crippen LogP contribution in [0.15, 0.2) is 47.8 Å². The van der Waals surface area contributed by atoms with Crippen LogP contribution in [0.5, 0.6) is 0 Å². The Hall–Kier alpha value is -2.15. The quantitative estimate of drug-likeness (QED) is 0.782. The van der Waals surface area contributed by atoms with Gasteiger partial charge in [0.25, 0.3) is 0 Å². The minimum atomic E-state index is -0.0764. The third-order valence-corrected chi connectivity index (χ3v) is 7.76. The van der Waals surface area contributed by atoms with E-state index < -0.39 is 0 Å². The summed E-state index contributed by atoms with van der Waals surface area (Å²) >= 11 is 1.91. The van der Waals surface area contributed by atoms with Gasteiger partial charge in [-0.25, -0.2) is 9.97 Å². The van der Waals surface area contributed by atoms with Gasteiger partial charge in [0.1, 0.15) is 0 Å². The smallest absolute Gasteiger partial charge is 0.226 e. The molecule has 0 radical (unpaired) electrons. The van der Waals surface area contributed by atoms with Gasteiger partial charge in [0.15, 0.2) is 0 Å². The molecule has 7 heteroatoms. The van der Waals surface area contributed by atoms with Crippen molar-refractivity contribution in [2.24, 2.45) is 16.8 Å². The highest BCUT2D eigenvalue weighted by molar-refractivity contribution is 8.02. The van der Waals surface area contributed by atoms with Gasteiger partial charge in [-0.05, 0) is 24.5 Å². The van der Waals surface area contributed by atoms with Crippen LogP contribution in [-0.4, -0.2) is 69.7 Å². The molecule has 1 aromatic rings. The fourth-order valence-corrected chi connectivity index (χ4v) is 6.50. The van der Waals surface area contributed by atoms with Crippen LogP contribution in [0.4, 0.5) is 5.95 Å². The van der Waals surface area contributed by atoms with Crippen LogP contribution in [0, 0.1) is 11.8 Å². The van der Waals surface area contributed by atoms with Gasteiger partial charge in [0.2, 0.25) is 11.9 Å². The summed E-state index contributed by atoms with van der Waals surface area (Å²) in [6.45, 7) is 3.91. The molecule has 1 aliphatic carbocycles. The number of rotatable bonds is 2. The Morgan fingerprint density at radius 1 is 1.15 bits per heavy atom. The molecule has 6 nitrogen and oxygen atoms in total. The summed E-state index contributed by atoms with van der Waals surface area (Å²) in [4.78, 5) is 31.0. The Kier molecular flexibility index (Phi) is 4.27. The highest BCUT2D eigenvalue weighted by atomic mass is 32.2. The summed E-state index contributed by atoms with van der Waals surface area (Å²) in [5.41, 5.74) is 1.16. The number of aliphatic imine (C=N–C) groups is 1. The summed E-state index contributed by atoms with van der Waals surface area (Å²) in [7, 11) is 0. The topological polar surface area (TPSA) is 61.7 Å². The van der Waals surface area contributed by atoms with E-state index in [-0.39, 0.29) is 10.7 Å². The lowest BCUT2D eigenvalue weighted by molar-refractivity contribution is -0.136. The van der Waals surface area contributed by atoms with Crippen molar-refractivity contribution >= 4 is 29.3 Å². The number of amides is 1. The third kappa shape index (κ3) is 2.79. The zero-order chi connectivity index (χ0) is 18.3. The number of hydrogen-bond donors (Lipinski definition) is 0. The standard InChI is InChI=1S/C20H23N5OS/c26-18(24-10-12-25(13-11-24)19-22-7-3-8-23-19)15-14-27-20-6-2-1-4-17(20)21-9-5-16(15)20/h1-4,6-8,15-16H,5,9-14H2. The Balaban J connectivity index is 1.28. The van der Waals surface area contributed by atoms with E-state index in [4.69, 9.17) is 4.99 Å². The molecule has 1 amide bonds. The molecule has 2 saturated heterocycles. The number of nitrogens with zero attached hydrogens (tertiary/aromatic N) is 5. The molecule has 3 unspecified atom stereocenters. The first kappa shape index (κ1) is 17.0. The predicted molar refractivity (Wildman–Crippen MR) is 108 cm³/mol. The van der Waals surface area contributed by atoms with Crippen LogP contribution in [0.1, 0.15) is 6.42 Å². The first-order valence-electron chi connectivity index (χ1n) is 9.63. The number of thioether (sulfide) groups is 1. The van der Waals surface area contributed by atoms with Crippen molar-refractivity contribution in [1.82, 2.24) is 14.9 Å². The van der Waals surface area contributed by atoms with Gasteiger partial charge in [-0.2, -0.15) is 0 Å². The lowest BCUT2D eigenvalue weighted by Gasteiger charge is -2.40. The molecule has 4 heterocycles. The summed E-state index contributed by atoms with van der Waals surface area (Å²) in [5.74, 6) is 2.42. The van der Waals surface area contributed by atoms with E-state index in [0.717, 1.165) is 56.6 Å². The van der Waals surface area contributed by atoms with Gasteiger partial charge >= 0.3 is 0 Å². The van der Waals surface area contributed by atoms with Crippen LogP contribution in [0.25, 0.3) is 0 Å². The molecule has 3 aliphatic heterocycles. The van der Waals surface area contributed by atoms with Crippen molar-refractivity contribution in [3.8, 4) is 0 Å². The number of hydrogen-bond acceptors (Lipinski definition) is 6. The van der Waals surface area contributed by atoms with E-state index in [1.165, 1.54) is 0 Å². The fourth-order valence-electron chi connectivity index (χ4n) is 4.72. The van der Waals surface area contributed by atoms with E-state index in [0.29, 0.717) is 11.8 Å². The van der Waals surface area contributed by atoms with E-state index >= 15 is 0 Å². The van der Waals surface area contributed by atoms with Gasteiger partial charge in [-0.3, -0.25) is 9.79 Å². The molecule has 0 N–H and O–H groups in total. The zero-order valence-corrected chi connectivity index (χ0v) is 16.0. The molecular weight excluding hydrogens is 358 g/mol. The maximum atomic E-state index is 13.4. The van der Waals surface area contributed by atoms with Crippen LogP contribution in [0.3, 0.4) is 0 Å². The van der Waals surface area contributed by atoms with Crippen molar-refractivity contribution in [3.05, 3.63) is 42.8 Å². The molecule has 0 bridgehead atoms. The van der Waals surface area contributed by atoms with E-state index in [1.54, 1.807) is 12.4 Å². The van der Waals surface area contributed by atoms with Crippen LogP contribution >= 0.6 is 11.8 Å². The summed E-state index contributed by atoms with van der Waals surface area (Å²) < 4.78 is -0.0764. The second-order valence-electron chi connectivity index (χ2n) is 7.45. The largest absolute Gasteiger partial charge is 0.339 e. The van der Waals surface area contributed by atoms with Crippen molar-refractivity contribution in [2.75, 3.05) is 43.4 Å². The van der Waals surface area contributed by atoms with Crippen molar-refractivity contribution in [1.29, 1.82) is 0 Å². The molecule has 1 spiro atoms. The summed E-state index contributed by atoms with van der Waals surface area (Å²) in [6, 6.07) is 1.83. The average Bonchev–Trinajstić information content (AvgIpc) is 3.12. The molecule has 0 saturated carbocycles. The molecule has 1 aromatic heterocycles. The van der Waals surface area contributed by atoms with Crippen LogP contribution < -0.4 is 4.90 Å². The zero-order valence-electron chi connectivity index (χ0n) is 15.2. The second-order valence-corrected chi connectivity index (χ2v) is 8.75. The number of carbonyl (C=O) groups excluding carboxylic acids is 1. The second kappa shape index (κ2) is 6.78. The SMILES string of the molecule is O=C(C1CSC23C=CC=CC2=NCCC13)N1CCN(c2ncccn2)CC1. The van der Waals surface area contributed by atoms with Gasteiger partial charge < -0.3 is 9.80 Å². The molecule has 0 aromatic carbocycles. The van der Waals surface area contributed by atoms with Gasteiger partial charge in [-0.15, -0.1) is 11.8 Å². The van der Waals surface area contributed by atoms with Gasteiger partial charge in [0, 0.05) is 50.9 Å². The fraction of sp³-hybridized carbons (Fsp3) is 0.500. The molecule has 5 rings (SSSR count). The Morgan fingerprint density at radius 3 is 2.78 bits per heavy atom.